The van der Waals surface area contributed by atoms with Gasteiger partial charge in [0.25, 0.3) is 0 Å². The van der Waals surface area contributed by atoms with Crippen LogP contribution in [0, 0.1) is 0 Å². The van der Waals surface area contributed by atoms with Crippen molar-refractivity contribution in [2.75, 3.05) is 0 Å². The molecule has 0 amide bonds. The van der Waals surface area contributed by atoms with Gasteiger partial charge < -0.3 is 10.3 Å². The summed E-state index contributed by atoms with van der Waals surface area (Å²) < 4.78 is 2.08. The van der Waals surface area contributed by atoms with Gasteiger partial charge in [0, 0.05) is 24.1 Å². The molecule has 0 aliphatic carbocycles. The van der Waals surface area contributed by atoms with E-state index in [2.05, 4.69) is 16.7 Å². The summed E-state index contributed by atoms with van der Waals surface area (Å²) in [6, 6.07) is 12.3. The molecule has 1 heterocycles. The van der Waals surface area contributed by atoms with Crippen LogP contribution in [0.5, 0.6) is 0 Å². The lowest BCUT2D eigenvalue weighted by molar-refractivity contribution is 0.804. The zero-order chi connectivity index (χ0) is 9.97. The van der Waals surface area contributed by atoms with Crippen LogP contribution in [0.3, 0.4) is 0 Å². The van der Waals surface area contributed by atoms with Gasteiger partial charge in [0.1, 0.15) is 0 Å². The molecule has 2 heteroatoms. The van der Waals surface area contributed by atoms with Crippen LogP contribution < -0.4 is 5.73 Å². The van der Waals surface area contributed by atoms with E-state index in [0.29, 0.717) is 0 Å². The average molecular weight is 186 g/mol. The minimum Gasteiger partial charge on any atom is -0.324 e. The fourth-order valence-corrected chi connectivity index (χ4v) is 1.60. The molecule has 2 aromatic rings. The molecule has 2 N–H and O–H groups in total. The second-order valence-corrected chi connectivity index (χ2v) is 3.44. The summed E-state index contributed by atoms with van der Waals surface area (Å²) in [6.07, 6.45) is 4.06. The van der Waals surface area contributed by atoms with Crippen LogP contribution in [0.25, 0.3) is 5.69 Å². The van der Waals surface area contributed by atoms with Gasteiger partial charge in [-0.3, -0.25) is 0 Å². The van der Waals surface area contributed by atoms with E-state index in [1.54, 1.807) is 0 Å². The molecule has 0 fully saturated rings. The number of hydrogen-bond acceptors (Lipinski definition) is 1. The Hall–Kier alpha value is -1.54. The number of para-hydroxylation sites is 1. The van der Waals surface area contributed by atoms with Crippen LogP contribution in [0.4, 0.5) is 0 Å². The van der Waals surface area contributed by atoms with Crippen molar-refractivity contribution in [1.29, 1.82) is 0 Å². The monoisotopic (exact) mass is 186 g/mol. The van der Waals surface area contributed by atoms with Gasteiger partial charge in [-0.1, -0.05) is 18.2 Å². The highest BCUT2D eigenvalue weighted by molar-refractivity contribution is 5.42. The number of hydrogen-bond donors (Lipinski definition) is 1. The van der Waals surface area contributed by atoms with Crippen molar-refractivity contribution < 1.29 is 0 Å². The quantitative estimate of drug-likeness (QED) is 0.767. The molecule has 1 aromatic carbocycles. The van der Waals surface area contributed by atoms with Gasteiger partial charge in [0.2, 0.25) is 0 Å². The largest absolute Gasteiger partial charge is 0.324 e. The van der Waals surface area contributed by atoms with Gasteiger partial charge in [-0.2, -0.15) is 0 Å². The summed E-state index contributed by atoms with van der Waals surface area (Å²) in [5.74, 6) is 0. The summed E-state index contributed by atoms with van der Waals surface area (Å²) in [7, 11) is 0. The average Bonchev–Trinajstić information content (AvgIpc) is 2.70. The lowest BCUT2D eigenvalue weighted by Crippen LogP contribution is -2.08. The third kappa shape index (κ3) is 1.56. The van der Waals surface area contributed by atoms with E-state index in [1.807, 2.05) is 43.6 Å². The summed E-state index contributed by atoms with van der Waals surface area (Å²) >= 11 is 0. The third-order valence-electron chi connectivity index (χ3n) is 2.31. The van der Waals surface area contributed by atoms with Crippen LogP contribution in [-0.4, -0.2) is 4.57 Å². The summed E-state index contributed by atoms with van der Waals surface area (Å²) in [6.45, 7) is 2.00. The first-order valence-corrected chi connectivity index (χ1v) is 4.77. The topological polar surface area (TPSA) is 30.9 Å². The van der Waals surface area contributed by atoms with Gasteiger partial charge in [-0.05, 0) is 30.7 Å². The molecule has 0 bridgehead atoms. The van der Waals surface area contributed by atoms with E-state index in [0.717, 1.165) is 5.69 Å². The standard InChI is InChI=1S/C12H14N2/c1-10(13)11-6-2-3-7-12(11)14-8-4-5-9-14/h2-10H,13H2,1H3. The van der Waals surface area contributed by atoms with Crippen LogP contribution in [-0.2, 0) is 0 Å². The van der Waals surface area contributed by atoms with Crippen molar-refractivity contribution in [3.63, 3.8) is 0 Å². The Morgan fingerprint density at radius 2 is 1.71 bits per heavy atom. The molecular weight excluding hydrogens is 172 g/mol. The molecule has 0 radical (unpaired) electrons. The molecule has 14 heavy (non-hydrogen) atoms. The third-order valence-corrected chi connectivity index (χ3v) is 2.31. The molecule has 2 rings (SSSR count). The first kappa shape index (κ1) is 9.03. The number of aromatic nitrogens is 1. The maximum absolute atomic E-state index is 5.91. The molecule has 0 spiro atoms. The lowest BCUT2D eigenvalue weighted by Gasteiger charge is -2.13. The zero-order valence-corrected chi connectivity index (χ0v) is 8.22. The predicted octanol–water partition coefficient (Wildman–Crippen LogP) is 2.50. The Morgan fingerprint density at radius 3 is 2.36 bits per heavy atom. The Balaban J connectivity index is 2.53. The SMILES string of the molecule is CC(N)c1ccccc1-n1cccc1. The highest BCUT2D eigenvalue weighted by Crippen LogP contribution is 2.19. The minimum atomic E-state index is 0.0635. The van der Waals surface area contributed by atoms with Crippen LogP contribution in [0.2, 0.25) is 0 Å². The van der Waals surface area contributed by atoms with Gasteiger partial charge in [-0.25, -0.2) is 0 Å². The van der Waals surface area contributed by atoms with Crippen molar-refractivity contribution in [2.24, 2.45) is 5.73 Å². The number of nitrogens with zero attached hydrogens (tertiary/aromatic N) is 1. The predicted molar refractivity (Wildman–Crippen MR) is 58.4 cm³/mol. The molecule has 0 aliphatic heterocycles. The molecule has 1 atom stereocenters. The molecule has 1 unspecified atom stereocenters. The number of benzene rings is 1. The Kier molecular flexibility index (Phi) is 2.37. The molecule has 2 nitrogen and oxygen atoms in total. The number of rotatable bonds is 2. The van der Waals surface area contributed by atoms with Crippen LogP contribution >= 0.6 is 0 Å². The van der Waals surface area contributed by atoms with E-state index in [1.165, 1.54) is 5.56 Å². The fraction of sp³-hybridized carbons (Fsp3) is 0.167. The van der Waals surface area contributed by atoms with E-state index >= 15 is 0 Å². The first-order chi connectivity index (χ1) is 6.79. The van der Waals surface area contributed by atoms with Gasteiger partial charge in [0.15, 0.2) is 0 Å². The Labute approximate surface area is 84.0 Å². The maximum Gasteiger partial charge on any atom is 0.0496 e. The zero-order valence-electron chi connectivity index (χ0n) is 8.22. The summed E-state index contributed by atoms with van der Waals surface area (Å²) in [5, 5.41) is 0. The lowest BCUT2D eigenvalue weighted by atomic mass is 10.1. The van der Waals surface area contributed by atoms with Crippen molar-refractivity contribution >= 4 is 0 Å². The van der Waals surface area contributed by atoms with Gasteiger partial charge in [-0.15, -0.1) is 0 Å². The van der Waals surface area contributed by atoms with Gasteiger partial charge in [0.05, 0.1) is 0 Å². The molecular formula is C12H14N2. The second-order valence-electron chi connectivity index (χ2n) is 3.44. The normalized spacial score (nSPS) is 12.7. The minimum absolute atomic E-state index is 0.0635. The highest BCUT2D eigenvalue weighted by Gasteiger charge is 2.05. The van der Waals surface area contributed by atoms with Crippen LogP contribution in [0.1, 0.15) is 18.5 Å². The van der Waals surface area contributed by atoms with Crippen molar-refractivity contribution in [1.82, 2.24) is 4.57 Å². The van der Waals surface area contributed by atoms with Crippen molar-refractivity contribution in [3.05, 3.63) is 54.4 Å². The van der Waals surface area contributed by atoms with E-state index in [9.17, 15) is 0 Å². The smallest absolute Gasteiger partial charge is 0.0496 e. The fourth-order valence-electron chi connectivity index (χ4n) is 1.60. The molecule has 1 aromatic heterocycles. The molecule has 0 aliphatic rings. The Morgan fingerprint density at radius 1 is 1.07 bits per heavy atom. The molecule has 0 saturated carbocycles. The van der Waals surface area contributed by atoms with Crippen molar-refractivity contribution in [3.8, 4) is 5.69 Å². The van der Waals surface area contributed by atoms with E-state index in [4.69, 9.17) is 5.73 Å². The maximum atomic E-state index is 5.91. The van der Waals surface area contributed by atoms with Gasteiger partial charge >= 0.3 is 0 Å². The first-order valence-electron chi connectivity index (χ1n) is 4.77. The van der Waals surface area contributed by atoms with Crippen LogP contribution in [0.15, 0.2) is 48.8 Å². The number of nitrogens with two attached hydrogens (primary N) is 1. The van der Waals surface area contributed by atoms with E-state index in [-0.39, 0.29) is 6.04 Å². The summed E-state index contributed by atoms with van der Waals surface area (Å²) in [4.78, 5) is 0. The van der Waals surface area contributed by atoms with E-state index < -0.39 is 0 Å². The van der Waals surface area contributed by atoms with Crippen molar-refractivity contribution in [2.45, 2.75) is 13.0 Å². The Bertz CT molecular complexity index is 402. The molecule has 72 valence electrons. The highest BCUT2D eigenvalue weighted by atomic mass is 14.9. The second kappa shape index (κ2) is 3.68. The molecule has 0 saturated heterocycles. The summed E-state index contributed by atoms with van der Waals surface area (Å²) in [5.41, 5.74) is 8.24.